The molecule has 54 valence electrons. The van der Waals surface area contributed by atoms with E-state index in [1.54, 1.807) is 0 Å². The maximum absolute atomic E-state index is 5.32. The van der Waals surface area contributed by atoms with Gasteiger partial charge in [-0.2, -0.15) is 0 Å². The van der Waals surface area contributed by atoms with Gasteiger partial charge in [-0.1, -0.05) is 19.8 Å². The number of hydrazine groups is 1. The van der Waals surface area contributed by atoms with Crippen molar-refractivity contribution in [1.82, 2.24) is 5.43 Å². The molecule has 2 heteroatoms. The monoisotopic (exact) mass is 128 g/mol. The first-order valence-electron chi connectivity index (χ1n) is 3.79. The Balaban J connectivity index is 2.23. The van der Waals surface area contributed by atoms with Crippen LogP contribution in [0.3, 0.4) is 0 Å². The SMILES string of the molecule is C[C@H]1CCC[C@@H](NN)C1. The standard InChI is InChI=1S/C7H16N2/c1-6-3-2-4-7(5-6)9-8/h6-7,9H,2-5,8H2,1H3/t6-,7+/m0/s1. The van der Waals surface area contributed by atoms with Gasteiger partial charge in [0.25, 0.3) is 0 Å². The summed E-state index contributed by atoms with van der Waals surface area (Å²) >= 11 is 0. The van der Waals surface area contributed by atoms with Gasteiger partial charge in [-0.05, 0) is 18.8 Å². The molecule has 1 aliphatic rings. The van der Waals surface area contributed by atoms with Gasteiger partial charge in [0.05, 0.1) is 0 Å². The molecule has 0 aromatic carbocycles. The van der Waals surface area contributed by atoms with Crippen molar-refractivity contribution in [1.29, 1.82) is 0 Å². The third-order valence-corrected chi connectivity index (χ3v) is 2.17. The molecular formula is C7H16N2. The molecule has 2 atom stereocenters. The summed E-state index contributed by atoms with van der Waals surface area (Å²) in [6.07, 6.45) is 5.26. The number of nitrogens with two attached hydrogens (primary N) is 1. The molecule has 0 spiro atoms. The molecule has 3 N–H and O–H groups in total. The van der Waals surface area contributed by atoms with Crippen LogP contribution in [-0.2, 0) is 0 Å². The average Bonchev–Trinajstić information content (AvgIpc) is 1.88. The topological polar surface area (TPSA) is 38.0 Å². The van der Waals surface area contributed by atoms with Crippen LogP contribution in [0.15, 0.2) is 0 Å². The fraction of sp³-hybridized carbons (Fsp3) is 1.00. The Morgan fingerprint density at radius 2 is 2.22 bits per heavy atom. The van der Waals surface area contributed by atoms with E-state index in [9.17, 15) is 0 Å². The second-order valence-corrected chi connectivity index (χ2v) is 3.14. The lowest BCUT2D eigenvalue weighted by Gasteiger charge is -2.25. The molecule has 0 aromatic rings. The highest BCUT2D eigenvalue weighted by Gasteiger charge is 2.16. The van der Waals surface area contributed by atoms with Crippen LogP contribution in [-0.4, -0.2) is 6.04 Å². The summed E-state index contributed by atoms with van der Waals surface area (Å²) in [5, 5.41) is 0. The van der Waals surface area contributed by atoms with Crippen LogP contribution in [0.25, 0.3) is 0 Å². The van der Waals surface area contributed by atoms with Crippen LogP contribution >= 0.6 is 0 Å². The largest absolute Gasteiger partial charge is 0.271 e. The van der Waals surface area contributed by atoms with Gasteiger partial charge in [0.15, 0.2) is 0 Å². The van der Waals surface area contributed by atoms with Crippen LogP contribution in [0.2, 0.25) is 0 Å². The fourth-order valence-electron chi connectivity index (χ4n) is 1.59. The maximum atomic E-state index is 5.32. The molecule has 0 bridgehead atoms. The second-order valence-electron chi connectivity index (χ2n) is 3.14. The van der Waals surface area contributed by atoms with E-state index < -0.39 is 0 Å². The zero-order valence-electron chi connectivity index (χ0n) is 6.06. The molecule has 0 aliphatic heterocycles. The summed E-state index contributed by atoms with van der Waals surface area (Å²) in [5.74, 6) is 6.19. The zero-order valence-corrected chi connectivity index (χ0v) is 6.06. The van der Waals surface area contributed by atoms with Crippen LogP contribution in [0.5, 0.6) is 0 Å². The Bertz CT molecular complexity index is 83.0. The number of hydrogen-bond acceptors (Lipinski definition) is 2. The lowest BCUT2D eigenvalue weighted by molar-refractivity contribution is 0.304. The molecule has 1 aliphatic carbocycles. The highest BCUT2D eigenvalue weighted by atomic mass is 15.2. The second kappa shape index (κ2) is 3.18. The van der Waals surface area contributed by atoms with Crippen molar-refractivity contribution in [2.45, 2.75) is 38.6 Å². The molecule has 1 fully saturated rings. The Hall–Kier alpha value is -0.0800. The van der Waals surface area contributed by atoms with Crippen LogP contribution in [0.4, 0.5) is 0 Å². The number of rotatable bonds is 1. The summed E-state index contributed by atoms with van der Waals surface area (Å²) in [5.41, 5.74) is 2.83. The fourth-order valence-corrected chi connectivity index (χ4v) is 1.59. The Kier molecular flexibility index (Phi) is 2.49. The maximum Gasteiger partial charge on any atom is 0.0213 e. The highest BCUT2D eigenvalue weighted by Crippen LogP contribution is 2.22. The smallest absolute Gasteiger partial charge is 0.0213 e. The first-order valence-corrected chi connectivity index (χ1v) is 3.79. The molecule has 0 saturated heterocycles. The lowest BCUT2D eigenvalue weighted by atomic mass is 9.87. The molecule has 0 radical (unpaired) electrons. The van der Waals surface area contributed by atoms with Gasteiger partial charge in [0, 0.05) is 6.04 Å². The van der Waals surface area contributed by atoms with Gasteiger partial charge in [-0.15, -0.1) is 0 Å². The molecule has 0 heterocycles. The average molecular weight is 128 g/mol. The summed E-state index contributed by atoms with van der Waals surface area (Å²) in [7, 11) is 0. The van der Waals surface area contributed by atoms with E-state index in [0.29, 0.717) is 6.04 Å². The highest BCUT2D eigenvalue weighted by molar-refractivity contribution is 4.73. The first-order chi connectivity index (χ1) is 4.33. The minimum atomic E-state index is 0.591. The molecule has 0 unspecified atom stereocenters. The predicted molar refractivity (Wildman–Crippen MR) is 38.7 cm³/mol. The molecule has 1 rings (SSSR count). The first kappa shape index (κ1) is 7.03. The van der Waals surface area contributed by atoms with Crippen LogP contribution in [0.1, 0.15) is 32.6 Å². The summed E-state index contributed by atoms with van der Waals surface area (Å²) in [6, 6.07) is 0.591. The lowest BCUT2D eigenvalue weighted by Crippen LogP contribution is -2.38. The van der Waals surface area contributed by atoms with Gasteiger partial charge < -0.3 is 0 Å². The zero-order chi connectivity index (χ0) is 6.69. The van der Waals surface area contributed by atoms with Crippen molar-refractivity contribution in [2.75, 3.05) is 0 Å². The van der Waals surface area contributed by atoms with E-state index in [1.807, 2.05) is 0 Å². The Morgan fingerprint density at radius 1 is 1.44 bits per heavy atom. The van der Waals surface area contributed by atoms with Gasteiger partial charge in [0.2, 0.25) is 0 Å². The molecule has 9 heavy (non-hydrogen) atoms. The summed E-state index contributed by atoms with van der Waals surface area (Å²) in [6.45, 7) is 2.30. The van der Waals surface area contributed by atoms with Crippen molar-refractivity contribution in [2.24, 2.45) is 11.8 Å². The van der Waals surface area contributed by atoms with Crippen molar-refractivity contribution < 1.29 is 0 Å². The quantitative estimate of drug-likeness (QED) is 0.409. The molecule has 1 saturated carbocycles. The van der Waals surface area contributed by atoms with E-state index in [0.717, 1.165) is 5.92 Å². The summed E-state index contributed by atoms with van der Waals surface area (Å²) < 4.78 is 0. The minimum absolute atomic E-state index is 0.591. The van der Waals surface area contributed by atoms with Gasteiger partial charge in [-0.3, -0.25) is 11.3 Å². The van der Waals surface area contributed by atoms with Gasteiger partial charge >= 0.3 is 0 Å². The minimum Gasteiger partial charge on any atom is -0.271 e. The van der Waals surface area contributed by atoms with Gasteiger partial charge in [-0.25, -0.2) is 0 Å². The molecule has 2 nitrogen and oxygen atoms in total. The normalized spacial score (nSPS) is 36.7. The van der Waals surface area contributed by atoms with Crippen molar-refractivity contribution in [3.63, 3.8) is 0 Å². The third kappa shape index (κ3) is 1.95. The van der Waals surface area contributed by atoms with E-state index in [4.69, 9.17) is 5.84 Å². The van der Waals surface area contributed by atoms with Crippen molar-refractivity contribution in [3.05, 3.63) is 0 Å². The number of hydrogen-bond donors (Lipinski definition) is 2. The van der Waals surface area contributed by atoms with E-state index in [-0.39, 0.29) is 0 Å². The molecule has 0 aromatic heterocycles. The Morgan fingerprint density at radius 3 is 2.67 bits per heavy atom. The molecule has 0 amide bonds. The van der Waals surface area contributed by atoms with E-state index in [2.05, 4.69) is 12.3 Å². The van der Waals surface area contributed by atoms with Crippen LogP contribution < -0.4 is 11.3 Å². The van der Waals surface area contributed by atoms with Crippen LogP contribution in [0, 0.1) is 5.92 Å². The summed E-state index contributed by atoms with van der Waals surface area (Å²) in [4.78, 5) is 0. The number of nitrogens with one attached hydrogen (secondary N) is 1. The Labute approximate surface area is 56.8 Å². The van der Waals surface area contributed by atoms with E-state index in [1.165, 1.54) is 25.7 Å². The predicted octanol–water partition coefficient (Wildman–Crippen LogP) is 1.03. The van der Waals surface area contributed by atoms with E-state index >= 15 is 0 Å². The van der Waals surface area contributed by atoms with Gasteiger partial charge in [0.1, 0.15) is 0 Å². The molecular weight excluding hydrogens is 112 g/mol. The third-order valence-electron chi connectivity index (χ3n) is 2.17. The van der Waals surface area contributed by atoms with Crippen molar-refractivity contribution in [3.8, 4) is 0 Å². The van der Waals surface area contributed by atoms with Crippen molar-refractivity contribution >= 4 is 0 Å².